The molecule has 1 aromatic heterocycles. The van der Waals surface area contributed by atoms with Crippen molar-refractivity contribution in [1.29, 1.82) is 0 Å². The first kappa shape index (κ1) is 19.7. The number of benzene rings is 2. The second kappa shape index (κ2) is 8.74. The van der Waals surface area contributed by atoms with Gasteiger partial charge in [0.05, 0.1) is 0 Å². The van der Waals surface area contributed by atoms with E-state index in [4.69, 9.17) is 4.74 Å². The topological polar surface area (TPSA) is 56.1 Å². The second-order valence-electron chi connectivity index (χ2n) is 6.99. The van der Waals surface area contributed by atoms with Crippen LogP contribution in [-0.4, -0.2) is 21.6 Å². The van der Waals surface area contributed by atoms with Crippen molar-refractivity contribution in [1.82, 2.24) is 14.9 Å². The standard InChI is InChI=1S/C23H27N3O2/c1-5-22(28-21-11-6-16(2)17(3)14-21)23(27)25-15-19-7-9-20(10-8-19)26-13-12-24-18(26)4/h6-14,22H,5,15H2,1-4H3,(H,25,27)/t22-/m1/s1. The van der Waals surface area contributed by atoms with E-state index in [0.717, 1.165) is 28.4 Å². The predicted molar refractivity (Wildman–Crippen MR) is 111 cm³/mol. The monoisotopic (exact) mass is 377 g/mol. The average Bonchev–Trinajstić information content (AvgIpc) is 3.13. The quantitative estimate of drug-likeness (QED) is 0.669. The third-order valence-corrected chi connectivity index (χ3v) is 4.93. The minimum atomic E-state index is -0.505. The summed E-state index contributed by atoms with van der Waals surface area (Å²) >= 11 is 0. The molecule has 0 spiro atoms. The number of nitrogens with one attached hydrogen (secondary N) is 1. The van der Waals surface area contributed by atoms with Crippen LogP contribution in [0.5, 0.6) is 5.75 Å². The summed E-state index contributed by atoms with van der Waals surface area (Å²) in [5, 5.41) is 2.98. The van der Waals surface area contributed by atoms with Crippen molar-refractivity contribution in [3.8, 4) is 11.4 Å². The molecule has 0 unspecified atom stereocenters. The number of rotatable bonds is 7. The molecule has 0 fully saturated rings. The molecule has 1 atom stereocenters. The SMILES string of the molecule is CC[C@@H](Oc1ccc(C)c(C)c1)C(=O)NCc1ccc(-n2ccnc2C)cc1. The van der Waals surface area contributed by atoms with Gasteiger partial charge in [0.25, 0.3) is 5.91 Å². The van der Waals surface area contributed by atoms with Gasteiger partial charge in [-0.25, -0.2) is 4.98 Å². The van der Waals surface area contributed by atoms with E-state index in [1.807, 2.05) is 74.0 Å². The first-order chi connectivity index (χ1) is 13.5. The second-order valence-corrected chi connectivity index (χ2v) is 6.99. The Kier molecular flexibility index (Phi) is 6.14. The molecule has 2 aromatic carbocycles. The van der Waals surface area contributed by atoms with E-state index >= 15 is 0 Å². The van der Waals surface area contributed by atoms with Gasteiger partial charge < -0.3 is 14.6 Å². The lowest BCUT2D eigenvalue weighted by Gasteiger charge is -2.18. The summed E-state index contributed by atoms with van der Waals surface area (Å²) in [6, 6.07) is 14.0. The Hall–Kier alpha value is -3.08. The highest BCUT2D eigenvalue weighted by Crippen LogP contribution is 2.19. The molecular weight excluding hydrogens is 350 g/mol. The van der Waals surface area contributed by atoms with E-state index in [0.29, 0.717) is 13.0 Å². The van der Waals surface area contributed by atoms with Crippen molar-refractivity contribution < 1.29 is 9.53 Å². The van der Waals surface area contributed by atoms with Crippen LogP contribution in [0.1, 0.15) is 35.9 Å². The van der Waals surface area contributed by atoms with E-state index in [-0.39, 0.29) is 5.91 Å². The van der Waals surface area contributed by atoms with Gasteiger partial charge in [-0.15, -0.1) is 0 Å². The summed E-state index contributed by atoms with van der Waals surface area (Å²) < 4.78 is 7.93. The Morgan fingerprint density at radius 3 is 2.46 bits per heavy atom. The molecule has 28 heavy (non-hydrogen) atoms. The molecule has 3 aromatic rings. The maximum absolute atomic E-state index is 12.6. The summed E-state index contributed by atoms with van der Waals surface area (Å²) in [4.78, 5) is 16.8. The summed E-state index contributed by atoms with van der Waals surface area (Å²) in [6.45, 7) is 8.48. The third-order valence-electron chi connectivity index (χ3n) is 4.93. The van der Waals surface area contributed by atoms with Gasteiger partial charge in [-0.3, -0.25) is 4.79 Å². The van der Waals surface area contributed by atoms with Crippen molar-refractivity contribution in [2.45, 2.75) is 46.8 Å². The summed E-state index contributed by atoms with van der Waals surface area (Å²) in [6.07, 6.45) is 3.82. The lowest BCUT2D eigenvalue weighted by molar-refractivity contribution is -0.128. The molecule has 0 aliphatic rings. The molecule has 0 saturated carbocycles. The van der Waals surface area contributed by atoms with Crippen LogP contribution in [0.15, 0.2) is 54.9 Å². The Morgan fingerprint density at radius 2 is 1.86 bits per heavy atom. The molecule has 5 heteroatoms. The van der Waals surface area contributed by atoms with Crippen LogP contribution in [-0.2, 0) is 11.3 Å². The van der Waals surface area contributed by atoms with Crippen LogP contribution >= 0.6 is 0 Å². The molecule has 1 N–H and O–H groups in total. The van der Waals surface area contributed by atoms with Crippen molar-refractivity contribution in [2.24, 2.45) is 0 Å². The number of nitrogens with zero attached hydrogens (tertiary/aromatic N) is 2. The highest BCUT2D eigenvalue weighted by atomic mass is 16.5. The van der Waals surface area contributed by atoms with Gasteiger partial charge in [-0.05, 0) is 68.1 Å². The molecule has 3 rings (SSSR count). The molecule has 0 aliphatic carbocycles. The van der Waals surface area contributed by atoms with Crippen molar-refractivity contribution in [3.63, 3.8) is 0 Å². The highest BCUT2D eigenvalue weighted by molar-refractivity contribution is 5.81. The van der Waals surface area contributed by atoms with Gasteiger partial charge in [0.1, 0.15) is 11.6 Å². The van der Waals surface area contributed by atoms with E-state index < -0.39 is 6.10 Å². The van der Waals surface area contributed by atoms with Gasteiger partial charge >= 0.3 is 0 Å². The van der Waals surface area contributed by atoms with Gasteiger partial charge in [-0.2, -0.15) is 0 Å². The smallest absolute Gasteiger partial charge is 0.261 e. The molecule has 0 saturated heterocycles. The molecule has 0 radical (unpaired) electrons. The fraction of sp³-hybridized carbons (Fsp3) is 0.304. The van der Waals surface area contributed by atoms with E-state index in [9.17, 15) is 4.79 Å². The van der Waals surface area contributed by atoms with Crippen LogP contribution in [0, 0.1) is 20.8 Å². The number of carbonyl (C=O) groups excluding carboxylic acids is 1. The Bertz CT molecular complexity index is 945. The number of hydrogen-bond donors (Lipinski definition) is 1. The van der Waals surface area contributed by atoms with Gasteiger partial charge in [0.15, 0.2) is 6.10 Å². The lowest BCUT2D eigenvalue weighted by atomic mass is 10.1. The van der Waals surface area contributed by atoms with Gasteiger partial charge in [-0.1, -0.05) is 25.1 Å². The Morgan fingerprint density at radius 1 is 1.11 bits per heavy atom. The van der Waals surface area contributed by atoms with Crippen LogP contribution in [0.2, 0.25) is 0 Å². The van der Waals surface area contributed by atoms with E-state index in [2.05, 4.69) is 17.2 Å². The number of carbonyl (C=O) groups is 1. The molecule has 1 heterocycles. The maximum Gasteiger partial charge on any atom is 0.261 e. The Labute approximate surface area is 166 Å². The predicted octanol–water partition coefficient (Wildman–Crippen LogP) is 4.27. The van der Waals surface area contributed by atoms with Crippen molar-refractivity contribution in [2.75, 3.05) is 0 Å². The molecule has 5 nitrogen and oxygen atoms in total. The fourth-order valence-electron chi connectivity index (χ4n) is 3.00. The number of aromatic nitrogens is 2. The summed E-state index contributed by atoms with van der Waals surface area (Å²) in [5.41, 5.74) is 4.45. The lowest BCUT2D eigenvalue weighted by Crippen LogP contribution is -2.37. The molecular formula is C23H27N3O2. The zero-order chi connectivity index (χ0) is 20.1. The average molecular weight is 377 g/mol. The molecule has 0 aliphatic heterocycles. The zero-order valence-corrected chi connectivity index (χ0v) is 16.9. The third kappa shape index (κ3) is 4.60. The van der Waals surface area contributed by atoms with E-state index in [1.54, 1.807) is 6.20 Å². The summed E-state index contributed by atoms with van der Waals surface area (Å²) in [7, 11) is 0. The molecule has 0 bridgehead atoms. The summed E-state index contributed by atoms with van der Waals surface area (Å²) in [5.74, 6) is 1.57. The van der Waals surface area contributed by atoms with Crippen molar-refractivity contribution >= 4 is 5.91 Å². The van der Waals surface area contributed by atoms with Gasteiger partial charge in [0.2, 0.25) is 0 Å². The zero-order valence-electron chi connectivity index (χ0n) is 16.9. The first-order valence-electron chi connectivity index (χ1n) is 9.59. The first-order valence-corrected chi connectivity index (χ1v) is 9.59. The number of ether oxygens (including phenoxy) is 1. The minimum Gasteiger partial charge on any atom is -0.481 e. The van der Waals surface area contributed by atoms with Crippen LogP contribution in [0.3, 0.4) is 0 Å². The molecule has 146 valence electrons. The van der Waals surface area contributed by atoms with Crippen molar-refractivity contribution in [3.05, 3.63) is 77.4 Å². The fourth-order valence-corrected chi connectivity index (χ4v) is 3.00. The number of imidazole rings is 1. The number of aryl methyl sites for hydroxylation is 3. The molecule has 1 amide bonds. The maximum atomic E-state index is 12.6. The van der Waals surface area contributed by atoms with Crippen LogP contribution in [0.25, 0.3) is 5.69 Å². The number of amides is 1. The Balaban J connectivity index is 1.58. The number of hydrogen-bond acceptors (Lipinski definition) is 3. The minimum absolute atomic E-state index is 0.102. The highest BCUT2D eigenvalue weighted by Gasteiger charge is 2.18. The van der Waals surface area contributed by atoms with E-state index in [1.165, 1.54) is 5.56 Å². The van der Waals surface area contributed by atoms with Crippen LogP contribution < -0.4 is 10.1 Å². The van der Waals surface area contributed by atoms with Gasteiger partial charge in [0, 0.05) is 24.6 Å². The normalized spacial score (nSPS) is 11.9. The van der Waals surface area contributed by atoms with Crippen LogP contribution in [0.4, 0.5) is 0 Å². The largest absolute Gasteiger partial charge is 0.481 e.